The summed E-state index contributed by atoms with van der Waals surface area (Å²) in [5.41, 5.74) is 1.13. The number of imidazole rings is 1. The van der Waals surface area contributed by atoms with E-state index in [9.17, 15) is 0 Å². The van der Waals surface area contributed by atoms with Gasteiger partial charge in [0.1, 0.15) is 5.69 Å². The molecular formula is C13H19N3OS. The third kappa shape index (κ3) is 2.01. The van der Waals surface area contributed by atoms with Crippen molar-refractivity contribution in [2.45, 2.75) is 38.8 Å². The van der Waals surface area contributed by atoms with Crippen LogP contribution in [0.15, 0.2) is 11.6 Å². The molecule has 0 bridgehead atoms. The van der Waals surface area contributed by atoms with Gasteiger partial charge >= 0.3 is 0 Å². The van der Waals surface area contributed by atoms with Gasteiger partial charge in [0.15, 0.2) is 4.96 Å². The van der Waals surface area contributed by atoms with Crippen molar-refractivity contribution in [1.29, 1.82) is 0 Å². The van der Waals surface area contributed by atoms with Crippen LogP contribution in [0.5, 0.6) is 5.88 Å². The van der Waals surface area contributed by atoms with Crippen LogP contribution in [0.25, 0.3) is 4.96 Å². The first-order valence-electron chi connectivity index (χ1n) is 6.51. The van der Waals surface area contributed by atoms with Crippen molar-refractivity contribution in [1.82, 2.24) is 14.7 Å². The largest absolute Gasteiger partial charge is 0.480 e. The van der Waals surface area contributed by atoms with Crippen LogP contribution in [-0.2, 0) is 6.54 Å². The summed E-state index contributed by atoms with van der Waals surface area (Å²) in [6, 6.07) is 0.638. The van der Waals surface area contributed by atoms with Gasteiger partial charge in [-0.3, -0.25) is 4.40 Å². The van der Waals surface area contributed by atoms with E-state index in [0.29, 0.717) is 6.04 Å². The molecule has 1 N–H and O–H groups in total. The van der Waals surface area contributed by atoms with E-state index < -0.39 is 0 Å². The van der Waals surface area contributed by atoms with Crippen molar-refractivity contribution in [2.24, 2.45) is 5.92 Å². The van der Waals surface area contributed by atoms with E-state index in [1.807, 2.05) is 0 Å². The molecule has 5 heteroatoms. The zero-order chi connectivity index (χ0) is 12.5. The van der Waals surface area contributed by atoms with Crippen LogP contribution in [-0.4, -0.2) is 22.5 Å². The first-order valence-corrected chi connectivity index (χ1v) is 7.39. The molecule has 1 aliphatic rings. The minimum Gasteiger partial charge on any atom is -0.480 e. The number of methoxy groups -OCH3 is 1. The van der Waals surface area contributed by atoms with Crippen LogP contribution in [0.3, 0.4) is 0 Å². The highest BCUT2D eigenvalue weighted by Gasteiger charge is 2.23. The Hall–Kier alpha value is -1.07. The summed E-state index contributed by atoms with van der Waals surface area (Å²) < 4.78 is 7.49. The van der Waals surface area contributed by atoms with Crippen LogP contribution in [0.4, 0.5) is 0 Å². The number of hydrogen-bond acceptors (Lipinski definition) is 4. The van der Waals surface area contributed by atoms with Crippen LogP contribution in [0.2, 0.25) is 0 Å². The molecule has 0 radical (unpaired) electrons. The van der Waals surface area contributed by atoms with Crippen LogP contribution >= 0.6 is 11.3 Å². The number of ether oxygens (including phenoxy) is 1. The minimum atomic E-state index is 0.638. The third-order valence-corrected chi connectivity index (χ3v) is 4.67. The molecule has 1 saturated carbocycles. The predicted molar refractivity (Wildman–Crippen MR) is 73.3 cm³/mol. The van der Waals surface area contributed by atoms with E-state index in [2.05, 4.69) is 33.2 Å². The van der Waals surface area contributed by atoms with Crippen molar-refractivity contribution in [2.75, 3.05) is 7.11 Å². The Balaban J connectivity index is 1.78. The van der Waals surface area contributed by atoms with Crippen molar-refractivity contribution in [3.63, 3.8) is 0 Å². The Morgan fingerprint density at radius 1 is 1.56 bits per heavy atom. The molecule has 0 aliphatic heterocycles. The molecule has 0 amide bonds. The molecular weight excluding hydrogens is 246 g/mol. The van der Waals surface area contributed by atoms with Gasteiger partial charge in [-0.1, -0.05) is 13.3 Å². The monoisotopic (exact) mass is 265 g/mol. The highest BCUT2D eigenvalue weighted by molar-refractivity contribution is 7.15. The molecule has 2 aromatic heterocycles. The lowest BCUT2D eigenvalue weighted by Crippen LogP contribution is -2.31. The maximum Gasteiger partial charge on any atom is 0.237 e. The first-order chi connectivity index (χ1) is 8.79. The van der Waals surface area contributed by atoms with E-state index in [4.69, 9.17) is 4.74 Å². The number of rotatable bonds is 4. The zero-order valence-corrected chi connectivity index (χ0v) is 11.7. The van der Waals surface area contributed by atoms with E-state index in [1.54, 1.807) is 18.4 Å². The summed E-state index contributed by atoms with van der Waals surface area (Å²) in [6.45, 7) is 3.16. The predicted octanol–water partition coefficient (Wildman–Crippen LogP) is 2.68. The van der Waals surface area contributed by atoms with Gasteiger partial charge in [0.05, 0.1) is 7.11 Å². The molecule has 98 valence electrons. The smallest absolute Gasteiger partial charge is 0.237 e. The fraction of sp³-hybridized carbons (Fsp3) is 0.615. The summed E-state index contributed by atoms with van der Waals surface area (Å²) >= 11 is 1.64. The first kappa shape index (κ1) is 12.0. The average molecular weight is 265 g/mol. The van der Waals surface area contributed by atoms with Crippen molar-refractivity contribution >= 4 is 16.3 Å². The Labute approximate surface area is 111 Å². The summed E-state index contributed by atoms with van der Waals surface area (Å²) in [5.74, 6) is 1.53. The molecule has 2 heterocycles. The van der Waals surface area contributed by atoms with Crippen LogP contribution in [0, 0.1) is 5.92 Å². The molecule has 0 saturated heterocycles. The topological polar surface area (TPSA) is 38.6 Å². The van der Waals surface area contributed by atoms with E-state index in [-0.39, 0.29) is 0 Å². The number of aromatic nitrogens is 2. The zero-order valence-electron chi connectivity index (χ0n) is 10.8. The van der Waals surface area contributed by atoms with Gasteiger partial charge in [-0.2, -0.15) is 4.98 Å². The Kier molecular flexibility index (Phi) is 3.26. The summed E-state index contributed by atoms with van der Waals surface area (Å²) in [5, 5.41) is 5.71. The molecule has 4 nitrogen and oxygen atoms in total. The van der Waals surface area contributed by atoms with Gasteiger partial charge in [-0.15, -0.1) is 11.3 Å². The van der Waals surface area contributed by atoms with Gasteiger partial charge < -0.3 is 10.1 Å². The quantitative estimate of drug-likeness (QED) is 0.923. The second kappa shape index (κ2) is 4.90. The molecule has 18 heavy (non-hydrogen) atoms. The number of hydrogen-bond donors (Lipinski definition) is 1. The van der Waals surface area contributed by atoms with Crippen LogP contribution in [0.1, 0.15) is 31.9 Å². The van der Waals surface area contributed by atoms with Gasteiger partial charge in [0.2, 0.25) is 5.88 Å². The molecule has 1 fully saturated rings. The number of nitrogens with one attached hydrogen (secondary N) is 1. The highest BCUT2D eigenvalue weighted by Crippen LogP contribution is 2.27. The maximum atomic E-state index is 5.37. The number of nitrogens with zero attached hydrogens (tertiary/aromatic N) is 2. The number of thiazole rings is 1. The van der Waals surface area contributed by atoms with Crippen LogP contribution < -0.4 is 10.1 Å². The molecule has 1 aliphatic carbocycles. The molecule has 2 unspecified atom stereocenters. The Morgan fingerprint density at radius 2 is 2.44 bits per heavy atom. The molecule has 0 spiro atoms. The van der Waals surface area contributed by atoms with Gasteiger partial charge in [0, 0.05) is 24.2 Å². The molecule has 3 rings (SSSR count). The number of fused-ring (bicyclic) bond motifs is 1. The summed E-state index contributed by atoms with van der Waals surface area (Å²) in [7, 11) is 1.69. The lowest BCUT2D eigenvalue weighted by Gasteiger charge is -2.17. The fourth-order valence-corrected chi connectivity index (χ4v) is 3.54. The second-order valence-electron chi connectivity index (χ2n) is 5.02. The minimum absolute atomic E-state index is 0.638. The third-order valence-electron chi connectivity index (χ3n) is 3.91. The molecule has 2 aromatic rings. The highest BCUT2D eigenvalue weighted by atomic mass is 32.1. The summed E-state index contributed by atoms with van der Waals surface area (Å²) in [4.78, 5) is 5.48. The fourth-order valence-electron chi connectivity index (χ4n) is 2.81. The molecule has 0 aromatic carbocycles. The van der Waals surface area contributed by atoms with E-state index in [1.165, 1.54) is 19.3 Å². The maximum absolute atomic E-state index is 5.37. The lowest BCUT2D eigenvalue weighted by atomic mass is 10.1. The van der Waals surface area contributed by atoms with E-state index in [0.717, 1.165) is 29.0 Å². The average Bonchev–Trinajstić information content (AvgIpc) is 3.02. The second-order valence-corrected chi connectivity index (χ2v) is 5.89. The van der Waals surface area contributed by atoms with Gasteiger partial charge in [0.25, 0.3) is 0 Å². The van der Waals surface area contributed by atoms with Gasteiger partial charge in [-0.05, 0) is 18.8 Å². The Bertz CT molecular complexity index is 533. The Morgan fingerprint density at radius 3 is 3.17 bits per heavy atom. The summed E-state index contributed by atoms with van der Waals surface area (Å²) in [6.07, 6.45) is 6.03. The normalized spacial score (nSPS) is 23.9. The SMILES string of the molecule is COc1nc2sccn2c1CNC1CCCC1C. The van der Waals surface area contributed by atoms with E-state index >= 15 is 0 Å². The van der Waals surface area contributed by atoms with Gasteiger partial charge in [-0.25, -0.2) is 0 Å². The standard InChI is InChI=1S/C13H19N3OS/c1-9-4-3-5-10(9)14-8-11-12(17-2)15-13-16(11)6-7-18-13/h6-7,9-10,14H,3-5,8H2,1-2H3. The van der Waals surface area contributed by atoms with Crippen molar-refractivity contribution in [3.05, 3.63) is 17.3 Å². The lowest BCUT2D eigenvalue weighted by molar-refractivity contribution is 0.382. The molecule has 2 atom stereocenters. The van der Waals surface area contributed by atoms with Crippen molar-refractivity contribution < 1.29 is 4.74 Å². The van der Waals surface area contributed by atoms with Crippen molar-refractivity contribution in [3.8, 4) is 5.88 Å².